The van der Waals surface area contributed by atoms with Crippen LogP contribution >= 0.6 is 0 Å². The molecule has 1 unspecified atom stereocenters. The van der Waals surface area contributed by atoms with Gasteiger partial charge in [-0.1, -0.05) is 31.2 Å². The van der Waals surface area contributed by atoms with Gasteiger partial charge in [-0.05, 0) is 43.4 Å². The molecule has 0 bridgehead atoms. The molecule has 0 saturated heterocycles. The number of benzene rings is 1. The Hall–Kier alpha value is -1.35. The molecule has 1 aliphatic rings. The number of hydrogen-bond acceptors (Lipinski definition) is 2. The van der Waals surface area contributed by atoms with Crippen molar-refractivity contribution in [1.29, 1.82) is 0 Å². The monoisotopic (exact) mass is 246 g/mol. The van der Waals surface area contributed by atoms with Gasteiger partial charge in [0.05, 0.1) is 5.54 Å². The van der Waals surface area contributed by atoms with Crippen LogP contribution in [0.4, 0.5) is 0 Å². The van der Waals surface area contributed by atoms with Crippen molar-refractivity contribution < 1.29 is 4.79 Å². The third-order valence-electron chi connectivity index (χ3n) is 3.77. The summed E-state index contributed by atoms with van der Waals surface area (Å²) >= 11 is 0. The summed E-state index contributed by atoms with van der Waals surface area (Å²) in [7, 11) is 0. The molecule has 2 rings (SSSR count). The first-order chi connectivity index (χ1) is 8.68. The fraction of sp³-hybridized carbons (Fsp3) is 0.533. The summed E-state index contributed by atoms with van der Waals surface area (Å²) in [6.07, 6.45) is 4.66. The largest absolute Gasteiger partial charge is 0.370 e. The minimum absolute atomic E-state index is 0.227. The Bertz CT molecular complexity index is 430. The number of amides is 1. The highest BCUT2D eigenvalue weighted by atomic mass is 16.1. The number of carbonyl (C=O) groups is 1. The van der Waals surface area contributed by atoms with Crippen molar-refractivity contribution in [3.8, 4) is 0 Å². The van der Waals surface area contributed by atoms with Crippen molar-refractivity contribution in [2.45, 2.75) is 44.6 Å². The molecule has 1 aromatic rings. The van der Waals surface area contributed by atoms with Crippen LogP contribution in [-0.2, 0) is 16.8 Å². The van der Waals surface area contributed by atoms with Crippen LogP contribution in [0, 0.1) is 0 Å². The highest BCUT2D eigenvalue weighted by molar-refractivity contribution is 5.75. The number of nitrogens with two attached hydrogens (primary N) is 1. The van der Waals surface area contributed by atoms with E-state index in [0.717, 1.165) is 32.2 Å². The minimum atomic E-state index is -0.239. The molecule has 0 saturated carbocycles. The standard InChI is InChI=1S/C15H22N2O/c1-2-10-17-15(11-14(16)18)9-5-7-12-6-3-4-8-13(12)15/h3-4,6,8,17H,2,5,7,9-11H2,1H3,(H2,16,18). The van der Waals surface area contributed by atoms with Gasteiger partial charge in [-0.25, -0.2) is 0 Å². The molecule has 0 radical (unpaired) electrons. The lowest BCUT2D eigenvalue weighted by molar-refractivity contribution is -0.119. The van der Waals surface area contributed by atoms with Crippen LogP contribution in [0.3, 0.4) is 0 Å². The van der Waals surface area contributed by atoms with Crippen molar-refractivity contribution in [2.24, 2.45) is 5.73 Å². The lowest BCUT2D eigenvalue weighted by Gasteiger charge is -2.39. The summed E-state index contributed by atoms with van der Waals surface area (Å²) in [5.74, 6) is -0.227. The Kier molecular flexibility index (Phi) is 4.02. The zero-order valence-electron chi connectivity index (χ0n) is 11.0. The first kappa shape index (κ1) is 13.1. The van der Waals surface area contributed by atoms with Crippen LogP contribution < -0.4 is 11.1 Å². The van der Waals surface area contributed by atoms with E-state index in [-0.39, 0.29) is 11.4 Å². The summed E-state index contributed by atoms with van der Waals surface area (Å²) in [5, 5.41) is 3.57. The maximum Gasteiger partial charge on any atom is 0.219 e. The van der Waals surface area contributed by atoms with Crippen molar-refractivity contribution in [3.05, 3.63) is 35.4 Å². The van der Waals surface area contributed by atoms with Gasteiger partial charge >= 0.3 is 0 Å². The SMILES string of the molecule is CCCNC1(CC(N)=O)CCCc2ccccc21. The van der Waals surface area contributed by atoms with E-state index in [9.17, 15) is 4.79 Å². The fourth-order valence-corrected chi connectivity index (χ4v) is 3.01. The summed E-state index contributed by atoms with van der Waals surface area (Å²) in [5.41, 5.74) is 7.84. The average Bonchev–Trinajstić information content (AvgIpc) is 2.36. The average molecular weight is 246 g/mol. The molecule has 0 aromatic heterocycles. The predicted octanol–water partition coefficient (Wildman–Crippen LogP) is 2.09. The van der Waals surface area contributed by atoms with Gasteiger partial charge < -0.3 is 11.1 Å². The third-order valence-corrected chi connectivity index (χ3v) is 3.77. The van der Waals surface area contributed by atoms with E-state index in [0.29, 0.717) is 6.42 Å². The van der Waals surface area contributed by atoms with Gasteiger partial charge in [0.15, 0.2) is 0 Å². The van der Waals surface area contributed by atoms with E-state index >= 15 is 0 Å². The molecule has 98 valence electrons. The number of primary amides is 1. The van der Waals surface area contributed by atoms with E-state index in [1.54, 1.807) is 0 Å². The molecular formula is C15H22N2O. The zero-order valence-corrected chi connectivity index (χ0v) is 11.0. The Morgan fingerprint density at radius 1 is 1.44 bits per heavy atom. The number of aryl methyl sites for hydroxylation is 1. The Morgan fingerprint density at radius 3 is 2.94 bits per heavy atom. The van der Waals surface area contributed by atoms with Crippen LogP contribution in [0.1, 0.15) is 43.7 Å². The number of fused-ring (bicyclic) bond motifs is 1. The van der Waals surface area contributed by atoms with Gasteiger partial charge in [-0.3, -0.25) is 4.79 Å². The molecule has 0 aliphatic heterocycles. The van der Waals surface area contributed by atoms with Crippen molar-refractivity contribution in [1.82, 2.24) is 5.32 Å². The first-order valence-electron chi connectivity index (χ1n) is 6.80. The Labute approximate surface area is 109 Å². The number of hydrogen-bond donors (Lipinski definition) is 2. The van der Waals surface area contributed by atoms with E-state index in [4.69, 9.17) is 5.73 Å². The third kappa shape index (κ3) is 2.56. The lowest BCUT2D eigenvalue weighted by atomic mass is 9.74. The summed E-state index contributed by atoms with van der Waals surface area (Å²) < 4.78 is 0. The molecule has 0 fully saturated rings. The Morgan fingerprint density at radius 2 is 2.22 bits per heavy atom. The van der Waals surface area contributed by atoms with Gasteiger partial charge in [-0.2, -0.15) is 0 Å². The highest BCUT2D eigenvalue weighted by Gasteiger charge is 2.36. The van der Waals surface area contributed by atoms with Crippen molar-refractivity contribution >= 4 is 5.91 Å². The van der Waals surface area contributed by atoms with Crippen LogP contribution in [0.25, 0.3) is 0 Å². The number of carbonyl (C=O) groups excluding carboxylic acids is 1. The molecule has 1 aliphatic carbocycles. The quantitative estimate of drug-likeness (QED) is 0.836. The van der Waals surface area contributed by atoms with Crippen LogP contribution in [-0.4, -0.2) is 12.5 Å². The van der Waals surface area contributed by atoms with Gasteiger partial charge in [-0.15, -0.1) is 0 Å². The van der Waals surface area contributed by atoms with Gasteiger partial charge in [0.2, 0.25) is 5.91 Å². The smallest absolute Gasteiger partial charge is 0.219 e. The van der Waals surface area contributed by atoms with E-state index in [2.05, 4.69) is 30.4 Å². The topological polar surface area (TPSA) is 55.1 Å². The second-order valence-electron chi connectivity index (χ2n) is 5.16. The number of rotatable bonds is 5. The molecule has 0 spiro atoms. The van der Waals surface area contributed by atoms with Crippen LogP contribution in [0.5, 0.6) is 0 Å². The molecule has 1 atom stereocenters. The molecule has 3 heteroatoms. The summed E-state index contributed by atoms with van der Waals surface area (Å²) in [4.78, 5) is 11.4. The maximum atomic E-state index is 11.4. The second kappa shape index (κ2) is 5.53. The van der Waals surface area contributed by atoms with E-state index in [1.165, 1.54) is 11.1 Å². The molecule has 1 aromatic carbocycles. The van der Waals surface area contributed by atoms with Crippen molar-refractivity contribution in [2.75, 3.05) is 6.54 Å². The fourth-order valence-electron chi connectivity index (χ4n) is 3.01. The van der Waals surface area contributed by atoms with Crippen molar-refractivity contribution in [3.63, 3.8) is 0 Å². The van der Waals surface area contributed by atoms with Crippen LogP contribution in [0.2, 0.25) is 0 Å². The number of nitrogens with one attached hydrogen (secondary N) is 1. The molecular weight excluding hydrogens is 224 g/mol. The zero-order chi connectivity index (χ0) is 13.0. The van der Waals surface area contributed by atoms with Gasteiger partial charge in [0.25, 0.3) is 0 Å². The molecule has 18 heavy (non-hydrogen) atoms. The maximum absolute atomic E-state index is 11.4. The predicted molar refractivity (Wildman–Crippen MR) is 73.2 cm³/mol. The first-order valence-corrected chi connectivity index (χ1v) is 6.80. The van der Waals surface area contributed by atoms with Crippen LogP contribution in [0.15, 0.2) is 24.3 Å². The lowest BCUT2D eigenvalue weighted by Crippen LogP contribution is -2.47. The normalized spacial score (nSPS) is 22.5. The summed E-state index contributed by atoms with van der Waals surface area (Å²) in [6.45, 7) is 3.06. The van der Waals surface area contributed by atoms with Gasteiger partial charge in [0, 0.05) is 6.42 Å². The molecule has 3 N–H and O–H groups in total. The van der Waals surface area contributed by atoms with E-state index < -0.39 is 0 Å². The minimum Gasteiger partial charge on any atom is -0.370 e. The molecule has 1 amide bonds. The molecule has 0 heterocycles. The Balaban J connectivity index is 2.37. The second-order valence-corrected chi connectivity index (χ2v) is 5.16. The van der Waals surface area contributed by atoms with Gasteiger partial charge in [0.1, 0.15) is 0 Å². The summed E-state index contributed by atoms with van der Waals surface area (Å²) in [6, 6.07) is 8.42. The van der Waals surface area contributed by atoms with E-state index in [1.807, 2.05) is 6.07 Å². The highest BCUT2D eigenvalue weighted by Crippen LogP contribution is 2.37. The molecule has 3 nitrogen and oxygen atoms in total.